The zero-order chi connectivity index (χ0) is 12.6. The summed E-state index contributed by atoms with van der Waals surface area (Å²) >= 11 is 20.6. The fourth-order valence-electron chi connectivity index (χ4n) is 1.36. The summed E-state index contributed by atoms with van der Waals surface area (Å²) in [5.41, 5.74) is 0.272. The van der Waals surface area contributed by atoms with E-state index in [1.54, 1.807) is 16.7 Å². The van der Waals surface area contributed by atoms with E-state index >= 15 is 0 Å². The number of hydrogen-bond acceptors (Lipinski definition) is 2. The minimum atomic E-state index is -0.268. The first-order valence-corrected chi connectivity index (χ1v) is 6.41. The Morgan fingerprint density at radius 2 is 1.88 bits per heavy atom. The lowest BCUT2D eigenvalue weighted by Gasteiger charge is -2.10. The zero-order valence-corrected chi connectivity index (χ0v) is 12.1. The van der Waals surface area contributed by atoms with Crippen LogP contribution in [0.3, 0.4) is 0 Å². The van der Waals surface area contributed by atoms with Crippen molar-refractivity contribution in [3.8, 4) is 5.69 Å². The molecule has 0 saturated heterocycles. The van der Waals surface area contributed by atoms with Crippen LogP contribution in [0.25, 0.3) is 5.69 Å². The average Bonchev–Trinajstić information content (AvgIpc) is 2.19. The molecular weight excluding hydrogens is 347 g/mol. The summed E-state index contributed by atoms with van der Waals surface area (Å²) in [7, 11) is 0. The maximum atomic E-state index is 11.1. The van der Waals surface area contributed by atoms with Gasteiger partial charge in [0.05, 0.1) is 15.7 Å². The standard InChI is InChI=1S/C10H5BrCl2N2OS/c11-5-3-6(12)9(7(13)4-5)15-2-1-8(16)14-10(15)17/h1-4H,(H,14,16,17). The van der Waals surface area contributed by atoms with Gasteiger partial charge in [0.1, 0.15) is 0 Å². The SMILES string of the molecule is O=c1ccn(-c2c(Cl)cc(Br)cc2Cl)c(=S)[nH]1. The minimum Gasteiger partial charge on any atom is -0.299 e. The first kappa shape index (κ1) is 12.8. The van der Waals surface area contributed by atoms with Crippen molar-refractivity contribution in [1.82, 2.24) is 9.55 Å². The van der Waals surface area contributed by atoms with Gasteiger partial charge in [-0.3, -0.25) is 14.3 Å². The monoisotopic (exact) mass is 350 g/mol. The molecule has 0 radical (unpaired) electrons. The second-order valence-corrected chi connectivity index (χ2v) is 5.31. The molecule has 0 fully saturated rings. The van der Waals surface area contributed by atoms with Crippen LogP contribution in [0.15, 0.2) is 33.7 Å². The van der Waals surface area contributed by atoms with Crippen molar-refractivity contribution < 1.29 is 0 Å². The predicted octanol–water partition coefficient (Wildman–Crippen LogP) is 3.96. The Balaban J connectivity index is 2.77. The maximum absolute atomic E-state index is 11.1. The van der Waals surface area contributed by atoms with Gasteiger partial charge in [0.2, 0.25) is 0 Å². The van der Waals surface area contributed by atoms with Gasteiger partial charge in [0, 0.05) is 16.7 Å². The molecule has 17 heavy (non-hydrogen) atoms. The highest BCUT2D eigenvalue weighted by atomic mass is 79.9. The van der Waals surface area contributed by atoms with Gasteiger partial charge in [-0.25, -0.2) is 0 Å². The van der Waals surface area contributed by atoms with E-state index in [1.165, 1.54) is 12.3 Å². The van der Waals surface area contributed by atoms with E-state index in [-0.39, 0.29) is 10.3 Å². The molecule has 0 atom stereocenters. The number of nitrogens with one attached hydrogen (secondary N) is 1. The predicted molar refractivity (Wildman–Crippen MR) is 74.9 cm³/mol. The fraction of sp³-hybridized carbons (Fsp3) is 0. The van der Waals surface area contributed by atoms with Crippen LogP contribution in [0.1, 0.15) is 0 Å². The summed E-state index contributed by atoms with van der Waals surface area (Å²) in [6.07, 6.45) is 1.53. The van der Waals surface area contributed by atoms with Crippen molar-refractivity contribution in [2.24, 2.45) is 0 Å². The average molecular weight is 352 g/mol. The third kappa shape index (κ3) is 2.63. The Bertz CT molecular complexity index is 672. The number of hydrogen-bond donors (Lipinski definition) is 1. The van der Waals surface area contributed by atoms with Crippen molar-refractivity contribution in [2.45, 2.75) is 0 Å². The van der Waals surface area contributed by atoms with Crippen LogP contribution >= 0.6 is 51.3 Å². The van der Waals surface area contributed by atoms with Crippen LogP contribution in [0, 0.1) is 4.77 Å². The Kier molecular flexibility index (Phi) is 3.73. The molecule has 88 valence electrons. The highest BCUT2D eigenvalue weighted by Crippen LogP contribution is 2.32. The highest BCUT2D eigenvalue weighted by Gasteiger charge is 2.10. The summed E-state index contributed by atoms with van der Waals surface area (Å²) in [6.45, 7) is 0. The molecule has 1 aromatic carbocycles. The van der Waals surface area contributed by atoms with E-state index in [0.717, 1.165) is 4.47 Å². The third-order valence-corrected chi connectivity index (χ3v) is 3.38. The molecule has 1 aromatic heterocycles. The lowest BCUT2D eigenvalue weighted by atomic mass is 10.3. The molecular formula is C10H5BrCl2N2OS. The Morgan fingerprint density at radius 3 is 2.41 bits per heavy atom. The van der Waals surface area contributed by atoms with Crippen LogP contribution in [0.5, 0.6) is 0 Å². The Morgan fingerprint density at radius 1 is 1.29 bits per heavy atom. The molecule has 0 spiro atoms. The summed E-state index contributed by atoms with van der Waals surface area (Å²) in [5.74, 6) is 0. The van der Waals surface area contributed by atoms with E-state index in [0.29, 0.717) is 15.7 Å². The van der Waals surface area contributed by atoms with Gasteiger partial charge in [-0.05, 0) is 24.4 Å². The van der Waals surface area contributed by atoms with Gasteiger partial charge < -0.3 is 0 Å². The number of aromatic nitrogens is 2. The fourth-order valence-corrected chi connectivity index (χ4v) is 3.00. The molecule has 0 unspecified atom stereocenters. The first-order chi connectivity index (χ1) is 7.99. The van der Waals surface area contributed by atoms with Gasteiger partial charge >= 0.3 is 0 Å². The van der Waals surface area contributed by atoms with Crippen LogP contribution < -0.4 is 5.56 Å². The summed E-state index contributed by atoms with van der Waals surface area (Å²) < 4.78 is 2.56. The molecule has 7 heteroatoms. The molecule has 0 aliphatic rings. The van der Waals surface area contributed by atoms with Crippen molar-refractivity contribution in [1.29, 1.82) is 0 Å². The molecule has 0 bridgehead atoms. The summed E-state index contributed by atoms with van der Waals surface area (Å²) in [5, 5.41) is 0.875. The summed E-state index contributed by atoms with van der Waals surface area (Å²) in [6, 6.07) is 4.76. The normalized spacial score (nSPS) is 10.5. The van der Waals surface area contributed by atoms with E-state index in [4.69, 9.17) is 35.4 Å². The minimum absolute atomic E-state index is 0.239. The molecule has 1 N–H and O–H groups in total. The van der Waals surface area contributed by atoms with E-state index in [9.17, 15) is 4.79 Å². The van der Waals surface area contributed by atoms with Crippen LogP contribution in [0.4, 0.5) is 0 Å². The number of H-pyrrole nitrogens is 1. The molecule has 0 aliphatic heterocycles. The maximum Gasteiger partial charge on any atom is 0.251 e. The second-order valence-electron chi connectivity index (χ2n) is 3.20. The Hall–Kier alpha value is -0.620. The van der Waals surface area contributed by atoms with E-state index in [1.807, 2.05) is 0 Å². The molecule has 0 amide bonds. The number of nitrogens with zero attached hydrogens (tertiary/aromatic N) is 1. The molecule has 0 saturated carbocycles. The van der Waals surface area contributed by atoms with Crippen LogP contribution in [-0.2, 0) is 0 Å². The molecule has 2 rings (SSSR count). The van der Waals surface area contributed by atoms with E-state index in [2.05, 4.69) is 20.9 Å². The third-order valence-electron chi connectivity index (χ3n) is 2.05. The van der Waals surface area contributed by atoms with Crippen molar-refractivity contribution in [2.75, 3.05) is 0 Å². The topological polar surface area (TPSA) is 37.8 Å². The van der Waals surface area contributed by atoms with Gasteiger partial charge in [0.15, 0.2) is 4.77 Å². The van der Waals surface area contributed by atoms with Gasteiger partial charge in [-0.2, -0.15) is 0 Å². The van der Waals surface area contributed by atoms with Crippen molar-refractivity contribution >= 4 is 51.3 Å². The molecule has 0 aliphatic carbocycles. The largest absolute Gasteiger partial charge is 0.299 e. The number of rotatable bonds is 1. The van der Waals surface area contributed by atoms with Crippen molar-refractivity contribution in [3.63, 3.8) is 0 Å². The van der Waals surface area contributed by atoms with Gasteiger partial charge in [-0.15, -0.1) is 0 Å². The number of halogens is 3. The molecule has 1 heterocycles. The van der Waals surface area contributed by atoms with E-state index < -0.39 is 0 Å². The molecule has 3 nitrogen and oxygen atoms in total. The Labute approximate surface area is 120 Å². The van der Waals surface area contributed by atoms with Crippen LogP contribution in [0.2, 0.25) is 10.0 Å². The van der Waals surface area contributed by atoms with Crippen LogP contribution in [-0.4, -0.2) is 9.55 Å². The quantitative estimate of drug-likeness (QED) is 0.789. The summed E-state index contributed by atoms with van der Waals surface area (Å²) in [4.78, 5) is 13.6. The zero-order valence-electron chi connectivity index (χ0n) is 8.21. The van der Waals surface area contributed by atoms with Gasteiger partial charge in [0.25, 0.3) is 5.56 Å². The van der Waals surface area contributed by atoms with Crippen molar-refractivity contribution in [3.05, 3.63) is 54.0 Å². The smallest absolute Gasteiger partial charge is 0.251 e. The lowest BCUT2D eigenvalue weighted by molar-refractivity contribution is 0.937. The second kappa shape index (κ2) is 4.94. The highest BCUT2D eigenvalue weighted by molar-refractivity contribution is 9.10. The number of benzene rings is 1. The first-order valence-electron chi connectivity index (χ1n) is 4.46. The lowest BCUT2D eigenvalue weighted by Crippen LogP contribution is -2.10. The molecule has 2 aromatic rings. The number of aromatic amines is 1. The van der Waals surface area contributed by atoms with Gasteiger partial charge in [-0.1, -0.05) is 39.1 Å².